The van der Waals surface area contributed by atoms with Gasteiger partial charge in [-0.25, -0.2) is 8.42 Å². The van der Waals surface area contributed by atoms with Crippen LogP contribution in [0.5, 0.6) is 5.75 Å². The molecule has 0 spiro atoms. The third-order valence-electron chi connectivity index (χ3n) is 7.63. The van der Waals surface area contributed by atoms with Gasteiger partial charge in [-0.15, -0.1) is 0 Å². The van der Waals surface area contributed by atoms with Gasteiger partial charge in [0.05, 0.1) is 24.2 Å². The van der Waals surface area contributed by atoms with Crippen molar-refractivity contribution >= 4 is 27.1 Å². The second-order valence-electron chi connectivity index (χ2n) is 10.2. The van der Waals surface area contributed by atoms with Crippen LogP contribution < -0.4 is 15.0 Å². The van der Waals surface area contributed by atoms with Crippen LogP contribution in [0.1, 0.15) is 18.1 Å². The average Bonchev–Trinajstić information content (AvgIpc) is 2.97. The van der Waals surface area contributed by atoms with Gasteiger partial charge in [-0.2, -0.15) is 26.3 Å². The number of amides is 1. The van der Waals surface area contributed by atoms with Crippen LogP contribution in [0.4, 0.5) is 37.7 Å². The molecule has 1 fully saturated rings. The van der Waals surface area contributed by atoms with E-state index in [0.29, 0.717) is 21.9 Å². The van der Waals surface area contributed by atoms with Crippen LogP contribution >= 0.6 is 0 Å². The van der Waals surface area contributed by atoms with Gasteiger partial charge in [-0.3, -0.25) is 9.69 Å². The summed E-state index contributed by atoms with van der Waals surface area (Å²) in [6.45, 7) is 0.336. The van der Waals surface area contributed by atoms with E-state index in [4.69, 9.17) is 4.74 Å². The molecule has 3 aromatic carbocycles. The molecular weight excluding hydrogens is 612 g/mol. The Morgan fingerprint density at radius 3 is 1.84 bits per heavy atom. The number of nitrogens with zero attached hydrogens (tertiary/aromatic N) is 2. The number of piperazine rings is 1. The first kappa shape index (κ1) is 33.1. The van der Waals surface area contributed by atoms with Gasteiger partial charge < -0.3 is 15.0 Å². The first-order chi connectivity index (χ1) is 20.6. The van der Waals surface area contributed by atoms with Crippen LogP contribution in [0.3, 0.4) is 0 Å². The van der Waals surface area contributed by atoms with Crippen LogP contribution in [0, 0.1) is 0 Å². The van der Waals surface area contributed by atoms with Gasteiger partial charge in [-0.05, 0) is 59.7 Å². The van der Waals surface area contributed by atoms with Crippen molar-refractivity contribution in [2.24, 2.45) is 0 Å². The minimum Gasteiger partial charge on any atom is -0.497 e. The van der Waals surface area contributed by atoms with Gasteiger partial charge >= 0.3 is 12.4 Å². The summed E-state index contributed by atoms with van der Waals surface area (Å²) in [4.78, 5) is 14.8. The van der Waals surface area contributed by atoms with E-state index in [1.165, 1.54) is 38.3 Å². The summed E-state index contributed by atoms with van der Waals surface area (Å²) in [5, 5.41) is 2.47. The number of nitrogens with one attached hydrogen (secondary N) is 1. The SMILES string of the molecule is CCS(=O)(=O)c1ccc(CC(=O)Nc2ccc(C(N3CCN(c4ccc(OC)cc4)CC3)(C(F)(F)F)C(F)(F)F)cc2)cc1. The fraction of sp³-hybridized carbons (Fsp3) is 0.367. The minimum atomic E-state index is -5.71. The number of hydrogen-bond acceptors (Lipinski definition) is 6. The zero-order valence-electron chi connectivity index (χ0n) is 23.9. The Morgan fingerprint density at radius 1 is 0.818 bits per heavy atom. The molecule has 0 aliphatic carbocycles. The third kappa shape index (κ3) is 6.65. The summed E-state index contributed by atoms with van der Waals surface area (Å²) >= 11 is 0. The lowest BCUT2D eigenvalue weighted by Gasteiger charge is -2.49. The van der Waals surface area contributed by atoms with E-state index >= 15 is 0 Å². The van der Waals surface area contributed by atoms with Gasteiger partial charge in [0.1, 0.15) is 5.75 Å². The number of rotatable bonds is 9. The van der Waals surface area contributed by atoms with Gasteiger partial charge in [0.2, 0.25) is 11.4 Å². The van der Waals surface area contributed by atoms with Crippen molar-refractivity contribution in [3.63, 3.8) is 0 Å². The summed E-state index contributed by atoms with van der Waals surface area (Å²) in [7, 11) is -1.95. The highest BCUT2D eigenvalue weighted by Crippen LogP contribution is 2.54. The van der Waals surface area contributed by atoms with Crippen molar-refractivity contribution in [3.05, 3.63) is 83.9 Å². The maximum absolute atomic E-state index is 14.6. The fourth-order valence-electron chi connectivity index (χ4n) is 5.29. The Morgan fingerprint density at radius 2 is 1.36 bits per heavy atom. The zero-order valence-corrected chi connectivity index (χ0v) is 24.7. The lowest BCUT2D eigenvalue weighted by atomic mass is 9.85. The van der Waals surface area contributed by atoms with E-state index in [-0.39, 0.29) is 35.8 Å². The quantitative estimate of drug-likeness (QED) is 0.297. The maximum Gasteiger partial charge on any atom is 0.420 e. The Hall–Kier alpha value is -3.78. The summed E-state index contributed by atoms with van der Waals surface area (Å²) < 4.78 is 117. The topological polar surface area (TPSA) is 79.0 Å². The maximum atomic E-state index is 14.6. The number of ether oxygens (including phenoxy) is 1. The first-order valence-corrected chi connectivity index (χ1v) is 15.3. The second-order valence-corrected chi connectivity index (χ2v) is 12.5. The molecule has 7 nitrogen and oxygen atoms in total. The summed E-state index contributed by atoms with van der Waals surface area (Å²) in [6.07, 6.45) is -11.6. The number of carbonyl (C=O) groups excluding carboxylic acids is 1. The normalized spacial score (nSPS) is 15.2. The number of anilines is 2. The molecule has 0 unspecified atom stereocenters. The fourth-order valence-corrected chi connectivity index (χ4v) is 6.17. The summed E-state index contributed by atoms with van der Waals surface area (Å²) in [6, 6.07) is 15.8. The number of halogens is 6. The number of alkyl halides is 6. The molecule has 1 N–H and O–H groups in total. The highest BCUT2D eigenvalue weighted by atomic mass is 32.2. The molecule has 1 aliphatic heterocycles. The van der Waals surface area contributed by atoms with Crippen molar-refractivity contribution in [1.29, 1.82) is 0 Å². The van der Waals surface area contributed by atoms with E-state index in [9.17, 15) is 39.6 Å². The van der Waals surface area contributed by atoms with Crippen molar-refractivity contribution in [3.8, 4) is 5.75 Å². The standard InChI is InChI=1S/C30H31F6N3O4S/c1-3-44(41,42)26-14-4-21(5-15-26)20-27(40)37-23-8-6-22(7-9-23)28(29(31,32)33,30(34,35)36)39-18-16-38(17-19-39)24-10-12-25(43-2)13-11-24/h4-15H,3,16-20H2,1-2H3,(H,37,40). The molecular formula is C30H31F6N3O4S. The summed E-state index contributed by atoms with van der Waals surface area (Å²) in [5.74, 6) is -0.109. The molecule has 1 saturated heterocycles. The summed E-state index contributed by atoms with van der Waals surface area (Å²) in [5.41, 5.74) is -4.16. The molecule has 0 saturated carbocycles. The van der Waals surface area contributed by atoms with Crippen molar-refractivity contribution in [2.75, 3.05) is 49.3 Å². The molecule has 3 aromatic rings. The lowest BCUT2D eigenvalue weighted by Crippen LogP contribution is -2.68. The Balaban J connectivity index is 1.52. The molecule has 4 rings (SSSR count). The van der Waals surface area contributed by atoms with E-state index in [1.807, 2.05) is 0 Å². The van der Waals surface area contributed by atoms with Gasteiger partial charge in [0.25, 0.3) is 0 Å². The molecule has 0 radical (unpaired) electrons. The third-order valence-corrected chi connectivity index (χ3v) is 9.38. The van der Waals surface area contributed by atoms with Crippen LogP contribution in [-0.4, -0.2) is 70.6 Å². The largest absolute Gasteiger partial charge is 0.497 e. The Kier molecular flexibility index (Phi) is 9.54. The number of benzene rings is 3. The molecule has 14 heteroatoms. The van der Waals surface area contributed by atoms with E-state index in [1.54, 1.807) is 29.2 Å². The smallest absolute Gasteiger partial charge is 0.420 e. The minimum absolute atomic E-state index is 0.00602. The van der Waals surface area contributed by atoms with Crippen molar-refractivity contribution in [2.45, 2.75) is 36.1 Å². The predicted octanol–water partition coefficient (Wildman–Crippen LogP) is 5.81. The molecule has 0 bridgehead atoms. The van der Waals surface area contributed by atoms with Gasteiger partial charge in [0.15, 0.2) is 9.84 Å². The average molecular weight is 644 g/mol. The molecule has 0 aromatic heterocycles. The van der Waals surface area contributed by atoms with Gasteiger partial charge in [-0.1, -0.05) is 31.2 Å². The number of sulfone groups is 1. The number of carbonyl (C=O) groups is 1. The zero-order chi connectivity index (χ0) is 32.3. The highest BCUT2D eigenvalue weighted by molar-refractivity contribution is 7.91. The Labute approximate surface area is 251 Å². The molecule has 1 amide bonds. The highest BCUT2D eigenvalue weighted by Gasteiger charge is 2.74. The van der Waals surface area contributed by atoms with Gasteiger partial charge in [0, 0.05) is 37.6 Å². The molecule has 0 atom stereocenters. The van der Waals surface area contributed by atoms with Crippen molar-refractivity contribution < 1.29 is 44.3 Å². The van der Waals surface area contributed by atoms with Crippen LogP contribution in [0.15, 0.2) is 77.7 Å². The number of methoxy groups -OCH3 is 1. The van der Waals surface area contributed by atoms with Crippen LogP contribution in [-0.2, 0) is 26.6 Å². The van der Waals surface area contributed by atoms with Crippen LogP contribution in [0.2, 0.25) is 0 Å². The van der Waals surface area contributed by atoms with Crippen molar-refractivity contribution in [1.82, 2.24) is 4.90 Å². The van der Waals surface area contributed by atoms with E-state index in [2.05, 4.69) is 5.32 Å². The van der Waals surface area contributed by atoms with E-state index < -0.39 is 52.3 Å². The molecule has 1 heterocycles. The lowest BCUT2D eigenvalue weighted by molar-refractivity contribution is -0.349. The Bertz CT molecular complexity index is 1520. The van der Waals surface area contributed by atoms with Crippen LogP contribution in [0.25, 0.3) is 0 Å². The monoisotopic (exact) mass is 643 g/mol. The molecule has 238 valence electrons. The second kappa shape index (κ2) is 12.7. The van der Waals surface area contributed by atoms with E-state index in [0.717, 1.165) is 24.3 Å². The number of hydrogen-bond donors (Lipinski definition) is 1. The first-order valence-electron chi connectivity index (χ1n) is 13.6. The molecule has 1 aliphatic rings. The predicted molar refractivity (Wildman–Crippen MR) is 154 cm³/mol. The molecule has 44 heavy (non-hydrogen) atoms.